The standard InChI is InChI=1S/C8H15N3O3S/c1-8(2,3)7-11-10-6(14-7)5-9-15(4,12)13/h9H,5H2,1-4H3. The lowest BCUT2D eigenvalue weighted by molar-refractivity contribution is 0.369. The molecule has 1 aromatic rings. The van der Waals surface area contributed by atoms with E-state index in [9.17, 15) is 8.42 Å². The maximum atomic E-state index is 10.8. The molecule has 0 bridgehead atoms. The molecule has 0 radical (unpaired) electrons. The van der Waals surface area contributed by atoms with Crippen molar-refractivity contribution in [3.63, 3.8) is 0 Å². The second kappa shape index (κ2) is 3.90. The summed E-state index contributed by atoms with van der Waals surface area (Å²) in [6.07, 6.45) is 1.08. The first-order chi connectivity index (χ1) is 6.68. The highest BCUT2D eigenvalue weighted by Crippen LogP contribution is 2.19. The molecular formula is C8H15N3O3S. The fraction of sp³-hybridized carbons (Fsp3) is 0.750. The lowest BCUT2D eigenvalue weighted by Crippen LogP contribution is -2.21. The van der Waals surface area contributed by atoms with Gasteiger partial charge in [0.2, 0.25) is 21.8 Å². The van der Waals surface area contributed by atoms with E-state index >= 15 is 0 Å². The van der Waals surface area contributed by atoms with Crippen molar-refractivity contribution in [3.8, 4) is 0 Å². The second-order valence-electron chi connectivity index (χ2n) is 4.34. The third-order valence-corrected chi connectivity index (χ3v) is 2.26. The molecule has 15 heavy (non-hydrogen) atoms. The molecule has 1 aromatic heterocycles. The molecule has 0 aliphatic heterocycles. The van der Waals surface area contributed by atoms with E-state index in [4.69, 9.17) is 4.42 Å². The first kappa shape index (κ1) is 12.1. The van der Waals surface area contributed by atoms with Crippen molar-refractivity contribution in [3.05, 3.63) is 11.8 Å². The second-order valence-corrected chi connectivity index (χ2v) is 6.18. The van der Waals surface area contributed by atoms with E-state index in [2.05, 4.69) is 14.9 Å². The van der Waals surface area contributed by atoms with E-state index in [1.165, 1.54) is 0 Å². The van der Waals surface area contributed by atoms with E-state index in [0.29, 0.717) is 5.89 Å². The summed E-state index contributed by atoms with van der Waals surface area (Å²) >= 11 is 0. The third kappa shape index (κ3) is 3.96. The Labute approximate surface area is 89.1 Å². The Morgan fingerprint density at radius 3 is 2.33 bits per heavy atom. The Morgan fingerprint density at radius 2 is 1.93 bits per heavy atom. The zero-order valence-electron chi connectivity index (χ0n) is 9.23. The number of nitrogens with zero attached hydrogens (tertiary/aromatic N) is 2. The molecule has 1 heterocycles. The molecule has 0 aliphatic carbocycles. The van der Waals surface area contributed by atoms with E-state index in [1.807, 2.05) is 20.8 Å². The first-order valence-electron chi connectivity index (χ1n) is 4.46. The molecule has 1 N–H and O–H groups in total. The molecule has 0 aliphatic rings. The minimum Gasteiger partial charge on any atom is -0.423 e. The lowest BCUT2D eigenvalue weighted by Gasteiger charge is -2.10. The van der Waals surface area contributed by atoms with Crippen LogP contribution in [0.3, 0.4) is 0 Å². The van der Waals surface area contributed by atoms with Crippen LogP contribution in [0.2, 0.25) is 0 Å². The van der Waals surface area contributed by atoms with Crippen LogP contribution >= 0.6 is 0 Å². The van der Waals surface area contributed by atoms with Gasteiger partial charge in [0.1, 0.15) is 0 Å². The molecule has 0 unspecified atom stereocenters. The van der Waals surface area contributed by atoms with Gasteiger partial charge in [-0.25, -0.2) is 13.1 Å². The summed E-state index contributed by atoms with van der Waals surface area (Å²) in [5.74, 6) is 0.762. The highest BCUT2D eigenvalue weighted by molar-refractivity contribution is 7.88. The SMILES string of the molecule is CC(C)(C)c1nnc(CNS(C)(=O)=O)o1. The maximum absolute atomic E-state index is 10.8. The van der Waals surface area contributed by atoms with Crippen molar-refractivity contribution >= 4 is 10.0 Å². The minimum absolute atomic E-state index is 0.0297. The summed E-state index contributed by atoms with van der Waals surface area (Å²) in [5, 5.41) is 7.58. The number of nitrogens with one attached hydrogen (secondary N) is 1. The topological polar surface area (TPSA) is 85.1 Å². The number of hydrogen-bond donors (Lipinski definition) is 1. The average Bonchev–Trinajstić information content (AvgIpc) is 2.45. The van der Waals surface area contributed by atoms with Crippen LogP contribution in [-0.4, -0.2) is 24.9 Å². The largest absolute Gasteiger partial charge is 0.423 e. The van der Waals surface area contributed by atoms with E-state index in [-0.39, 0.29) is 17.9 Å². The Bertz CT molecular complexity index is 430. The molecule has 6 nitrogen and oxygen atoms in total. The number of aromatic nitrogens is 2. The van der Waals surface area contributed by atoms with E-state index in [0.717, 1.165) is 6.26 Å². The van der Waals surface area contributed by atoms with Gasteiger partial charge in [-0.05, 0) is 0 Å². The van der Waals surface area contributed by atoms with Crippen LogP contribution in [0.5, 0.6) is 0 Å². The molecule has 0 amide bonds. The van der Waals surface area contributed by atoms with Crippen molar-refractivity contribution in [2.24, 2.45) is 0 Å². The summed E-state index contributed by atoms with van der Waals surface area (Å²) in [6.45, 7) is 5.85. The molecule has 0 aromatic carbocycles. The summed E-state index contributed by atoms with van der Waals surface area (Å²) in [6, 6.07) is 0. The molecule has 7 heteroatoms. The quantitative estimate of drug-likeness (QED) is 0.817. The molecule has 0 fully saturated rings. The molecule has 86 valence electrons. The Balaban J connectivity index is 2.70. The van der Waals surface area contributed by atoms with Crippen LogP contribution in [-0.2, 0) is 22.0 Å². The first-order valence-corrected chi connectivity index (χ1v) is 6.35. The highest BCUT2D eigenvalue weighted by atomic mass is 32.2. The van der Waals surface area contributed by atoms with Crippen LogP contribution < -0.4 is 4.72 Å². The van der Waals surface area contributed by atoms with Crippen LogP contribution in [0.25, 0.3) is 0 Å². The van der Waals surface area contributed by atoms with E-state index in [1.54, 1.807) is 0 Å². The van der Waals surface area contributed by atoms with Gasteiger partial charge in [-0.3, -0.25) is 0 Å². The summed E-state index contributed by atoms with van der Waals surface area (Å²) in [7, 11) is -3.23. The zero-order chi connectivity index (χ0) is 11.7. The molecule has 0 atom stereocenters. The van der Waals surface area contributed by atoms with Crippen molar-refractivity contribution < 1.29 is 12.8 Å². The minimum atomic E-state index is -3.23. The third-order valence-electron chi connectivity index (χ3n) is 1.59. The van der Waals surface area contributed by atoms with Crippen LogP contribution in [0.4, 0.5) is 0 Å². The predicted octanol–water partition coefficient (Wildman–Crippen LogP) is 0.416. The van der Waals surface area contributed by atoms with Crippen molar-refractivity contribution in [2.75, 3.05) is 6.26 Å². The van der Waals surface area contributed by atoms with Gasteiger partial charge in [-0.15, -0.1) is 10.2 Å². The fourth-order valence-electron chi connectivity index (χ4n) is 0.821. The molecular weight excluding hydrogens is 218 g/mol. The van der Waals surface area contributed by atoms with Crippen LogP contribution in [0, 0.1) is 0 Å². The van der Waals surface area contributed by atoms with Gasteiger partial charge in [0, 0.05) is 5.41 Å². The lowest BCUT2D eigenvalue weighted by atomic mass is 9.97. The normalized spacial score (nSPS) is 13.1. The van der Waals surface area contributed by atoms with Gasteiger partial charge in [0.25, 0.3) is 0 Å². The summed E-state index contributed by atoms with van der Waals surface area (Å²) in [4.78, 5) is 0. The Morgan fingerprint density at radius 1 is 1.33 bits per heavy atom. The van der Waals surface area contributed by atoms with Gasteiger partial charge in [0.05, 0.1) is 12.8 Å². The van der Waals surface area contributed by atoms with Gasteiger partial charge < -0.3 is 4.42 Å². The van der Waals surface area contributed by atoms with Gasteiger partial charge in [0.15, 0.2) is 0 Å². The average molecular weight is 233 g/mol. The van der Waals surface area contributed by atoms with Crippen LogP contribution in [0.1, 0.15) is 32.6 Å². The predicted molar refractivity (Wildman–Crippen MR) is 54.7 cm³/mol. The molecule has 0 saturated carbocycles. The van der Waals surface area contributed by atoms with Crippen molar-refractivity contribution in [2.45, 2.75) is 32.7 Å². The van der Waals surface area contributed by atoms with Crippen molar-refractivity contribution in [1.29, 1.82) is 0 Å². The van der Waals surface area contributed by atoms with Crippen molar-refractivity contribution in [1.82, 2.24) is 14.9 Å². The monoisotopic (exact) mass is 233 g/mol. The molecule has 1 rings (SSSR count). The summed E-state index contributed by atoms with van der Waals surface area (Å²) in [5.41, 5.74) is -0.226. The zero-order valence-corrected chi connectivity index (χ0v) is 10.1. The van der Waals surface area contributed by atoms with E-state index < -0.39 is 10.0 Å². The Kier molecular flexibility index (Phi) is 3.15. The Hall–Kier alpha value is -0.950. The fourth-order valence-corrected chi connectivity index (χ4v) is 1.21. The summed E-state index contributed by atoms with van der Waals surface area (Å²) < 4.78 is 29.2. The number of sulfonamides is 1. The van der Waals surface area contributed by atoms with Crippen LogP contribution in [0.15, 0.2) is 4.42 Å². The van der Waals surface area contributed by atoms with Gasteiger partial charge >= 0.3 is 0 Å². The number of rotatable bonds is 3. The number of hydrogen-bond acceptors (Lipinski definition) is 5. The smallest absolute Gasteiger partial charge is 0.231 e. The van der Waals surface area contributed by atoms with Gasteiger partial charge in [-0.2, -0.15) is 0 Å². The maximum Gasteiger partial charge on any atom is 0.231 e. The van der Waals surface area contributed by atoms with Gasteiger partial charge in [-0.1, -0.05) is 20.8 Å². The molecule has 0 saturated heterocycles. The molecule has 0 spiro atoms. The highest BCUT2D eigenvalue weighted by Gasteiger charge is 2.21.